The maximum atomic E-state index is 14.4. The van der Waals surface area contributed by atoms with Gasteiger partial charge in [-0.3, -0.25) is 14.4 Å². The topological polar surface area (TPSA) is 154 Å². The first-order valence-corrected chi connectivity index (χ1v) is 16.5. The van der Waals surface area contributed by atoms with Crippen LogP contribution in [0.25, 0.3) is 0 Å². The third-order valence-electron chi connectivity index (χ3n) is 8.57. The first kappa shape index (κ1) is 39.7. The van der Waals surface area contributed by atoms with E-state index in [-0.39, 0.29) is 37.3 Å². The number of aromatic carboxylic acids is 1. The molecule has 11 nitrogen and oxygen atoms in total. The van der Waals surface area contributed by atoms with E-state index in [2.05, 4.69) is 16.0 Å². The highest BCUT2D eigenvalue weighted by Gasteiger charge is 2.44. The van der Waals surface area contributed by atoms with Crippen molar-refractivity contribution in [2.24, 2.45) is 11.8 Å². The molecule has 5 atom stereocenters. The molecule has 50 heavy (non-hydrogen) atoms. The van der Waals surface area contributed by atoms with E-state index in [1.807, 2.05) is 32.9 Å². The van der Waals surface area contributed by atoms with E-state index in [0.717, 1.165) is 5.56 Å². The van der Waals surface area contributed by atoms with E-state index < -0.39 is 96.5 Å². The summed E-state index contributed by atoms with van der Waals surface area (Å²) in [4.78, 5) is 65.8. The van der Waals surface area contributed by atoms with Crippen LogP contribution in [0.1, 0.15) is 74.4 Å². The molecular formula is C35H44F4N4O7. The molecule has 1 aliphatic heterocycles. The van der Waals surface area contributed by atoms with Gasteiger partial charge < -0.3 is 30.7 Å². The van der Waals surface area contributed by atoms with E-state index in [4.69, 9.17) is 9.84 Å². The Morgan fingerprint density at radius 1 is 1.00 bits per heavy atom. The van der Waals surface area contributed by atoms with E-state index in [0.29, 0.717) is 18.6 Å². The number of hydrogen-bond acceptors (Lipinski definition) is 6. The number of alkyl carbamates (subject to hydrolysis) is 1. The maximum absolute atomic E-state index is 14.4. The van der Waals surface area contributed by atoms with Crippen LogP contribution >= 0.6 is 0 Å². The van der Waals surface area contributed by atoms with Crippen molar-refractivity contribution in [2.75, 3.05) is 19.7 Å². The Balaban J connectivity index is 1.81. The summed E-state index contributed by atoms with van der Waals surface area (Å²) in [7, 11) is 0. The summed E-state index contributed by atoms with van der Waals surface area (Å²) in [6, 6.07) is 6.25. The molecule has 274 valence electrons. The summed E-state index contributed by atoms with van der Waals surface area (Å²) in [5.74, 6) is -7.02. The van der Waals surface area contributed by atoms with E-state index in [9.17, 15) is 41.5 Å². The minimum absolute atomic E-state index is 0.0443. The van der Waals surface area contributed by atoms with Gasteiger partial charge in [-0.15, -0.1) is 0 Å². The van der Waals surface area contributed by atoms with Crippen molar-refractivity contribution in [3.05, 3.63) is 70.8 Å². The molecule has 4 N–H and O–H groups in total. The molecule has 1 saturated heterocycles. The maximum Gasteiger partial charge on any atom is 0.407 e. The van der Waals surface area contributed by atoms with Crippen LogP contribution in [-0.2, 0) is 25.5 Å². The van der Waals surface area contributed by atoms with Crippen LogP contribution in [0.3, 0.4) is 0 Å². The number of rotatable bonds is 16. The van der Waals surface area contributed by atoms with Gasteiger partial charge in [0.25, 0.3) is 0 Å². The molecule has 0 aromatic heterocycles. The molecule has 15 heteroatoms. The molecule has 0 spiro atoms. The zero-order valence-electron chi connectivity index (χ0n) is 28.4. The number of nitrogens with zero attached hydrogens (tertiary/aromatic N) is 1. The lowest BCUT2D eigenvalue weighted by Crippen LogP contribution is -2.57. The molecule has 0 aliphatic carbocycles. The van der Waals surface area contributed by atoms with Crippen molar-refractivity contribution >= 4 is 29.8 Å². The second-order valence-corrected chi connectivity index (χ2v) is 12.8. The lowest BCUT2D eigenvalue weighted by atomic mass is 9.96. The van der Waals surface area contributed by atoms with Crippen LogP contribution in [0.2, 0.25) is 0 Å². The van der Waals surface area contributed by atoms with Gasteiger partial charge in [0.15, 0.2) is 0 Å². The van der Waals surface area contributed by atoms with E-state index >= 15 is 0 Å². The largest absolute Gasteiger partial charge is 0.478 e. The molecule has 4 amide bonds. The number of benzene rings is 2. The minimum atomic E-state index is -3.03. The van der Waals surface area contributed by atoms with Gasteiger partial charge in [-0.2, -0.15) is 0 Å². The molecule has 0 bridgehead atoms. The fourth-order valence-corrected chi connectivity index (χ4v) is 5.64. The minimum Gasteiger partial charge on any atom is -0.478 e. The standard InChI is InChI=1S/C35H44F4N4O7/c1-5-20(4)30(42-35(49)50-18-19(2)3)33(46)43-17-23(21-9-7-6-8-10-21)15-28(43)32(45)41-27(16-29(38)39)31(44)40-12-11-24-25(36)13-22(34(47)48)14-26(24)37/h6-10,13-14,19-20,23,27-30H,5,11-12,15-18H2,1-4H3,(H,40,44)(H,41,45)(H,42,49)(H,47,48)/t20?,23-,27+,28+,30+/m1/s1. The number of carboxylic acid groups (broad SMARTS) is 1. The quantitative estimate of drug-likeness (QED) is 0.185. The van der Waals surface area contributed by atoms with Crippen LogP contribution < -0.4 is 16.0 Å². The average molecular weight is 709 g/mol. The monoisotopic (exact) mass is 708 g/mol. The zero-order valence-corrected chi connectivity index (χ0v) is 28.4. The van der Waals surface area contributed by atoms with Crippen LogP contribution in [0.4, 0.5) is 22.4 Å². The van der Waals surface area contributed by atoms with Crippen LogP contribution in [0.15, 0.2) is 42.5 Å². The molecular weight excluding hydrogens is 664 g/mol. The normalized spacial score (nSPS) is 17.6. The predicted molar refractivity (Wildman–Crippen MR) is 174 cm³/mol. The van der Waals surface area contributed by atoms with Crippen molar-refractivity contribution in [1.82, 2.24) is 20.9 Å². The molecule has 2 aromatic carbocycles. The number of hydrogen-bond donors (Lipinski definition) is 4. The third-order valence-corrected chi connectivity index (χ3v) is 8.57. The SMILES string of the molecule is CCC(C)[C@H](NC(=O)OCC(C)C)C(=O)N1C[C@H](c2ccccc2)C[C@H]1C(=O)N[C@@H](CC(F)F)C(=O)NCCc1c(F)cc(C(=O)O)cc1F. The second-order valence-electron chi connectivity index (χ2n) is 12.8. The molecule has 0 radical (unpaired) electrons. The zero-order chi connectivity index (χ0) is 37.1. The van der Waals surface area contributed by atoms with Crippen molar-refractivity contribution in [3.8, 4) is 0 Å². The molecule has 1 aliphatic rings. The Morgan fingerprint density at radius 2 is 1.64 bits per heavy atom. The number of likely N-dealkylation sites (tertiary alicyclic amines) is 1. The van der Waals surface area contributed by atoms with Gasteiger partial charge >= 0.3 is 12.1 Å². The van der Waals surface area contributed by atoms with Crippen molar-refractivity contribution in [2.45, 2.75) is 83.8 Å². The van der Waals surface area contributed by atoms with Gasteiger partial charge in [-0.1, -0.05) is 64.4 Å². The number of carbonyl (C=O) groups excluding carboxylic acids is 4. The summed E-state index contributed by atoms with van der Waals surface area (Å²) < 4.78 is 61.2. The van der Waals surface area contributed by atoms with Gasteiger partial charge in [0, 0.05) is 31.0 Å². The summed E-state index contributed by atoms with van der Waals surface area (Å²) in [6.07, 6.45) is -4.77. The first-order valence-electron chi connectivity index (χ1n) is 16.5. The Morgan fingerprint density at radius 3 is 2.20 bits per heavy atom. The lowest BCUT2D eigenvalue weighted by molar-refractivity contribution is -0.141. The molecule has 3 rings (SSSR count). The van der Waals surface area contributed by atoms with Crippen LogP contribution in [0.5, 0.6) is 0 Å². The first-order chi connectivity index (χ1) is 23.6. The van der Waals surface area contributed by atoms with Crippen molar-refractivity contribution in [3.63, 3.8) is 0 Å². The van der Waals surface area contributed by atoms with Gasteiger partial charge in [0.1, 0.15) is 29.8 Å². The average Bonchev–Trinajstić information content (AvgIpc) is 3.52. The molecule has 1 fully saturated rings. The van der Waals surface area contributed by atoms with Gasteiger partial charge in [0.05, 0.1) is 12.2 Å². The summed E-state index contributed by atoms with van der Waals surface area (Å²) in [5, 5.41) is 16.2. The van der Waals surface area contributed by atoms with Crippen molar-refractivity contribution in [1.29, 1.82) is 0 Å². The van der Waals surface area contributed by atoms with Crippen LogP contribution in [0, 0.1) is 23.5 Å². The number of carboxylic acids is 1. The van der Waals surface area contributed by atoms with E-state index in [1.54, 1.807) is 25.1 Å². The number of carbonyl (C=O) groups is 5. The molecule has 2 aromatic rings. The number of halogens is 4. The smallest absolute Gasteiger partial charge is 0.407 e. The van der Waals surface area contributed by atoms with Gasteiger partial charge in [-0.05, 0) is 42.4 Å². The Labute approximate surface area is 288 Å². The number of ether oxygens (including phenoxy) is 1. The van der Waals surface area contributed by atoms with Crippen LogP contribution in [-0.4, -0.2) is 84.0 Å². The number of amides is 4. The Kier molecular flexibility index (Phi) is 14.6. The van der Waals surface area contributed by atoms with E-state index in [1.165, 1.54) is 4.90 Å². The predicted octanol–water partition coefficient (Wildman–Crippen LogP) is 4.64. The second kappa shape index (κ2) is 18.3. The highest BCUT2D eigenvalue weighted by atomic mass is 19.3. The highest BCUT2D eigenvalue weighted by molar-refractivity contribution is 5.94. The number of alkyl halides is 2. The fourth-order valence-electron chi connectivity index (χ4n) is 5.64. The molecule has 0 saturated carbocycles. The Hall–Kier alpha value is -4.69. The summed E-state index contributed by atoms with van der Waals surface area (Å²) in [6.45, 7) is 7.05. The summed E-state index contributed by atoms with van der Waals surface area (Å²) in [5.41, 5.74) is -0.309. The van der Waals surface area contributed by atoms with Crippen molar-refractivity contribution < 1.29 is 51.4 Å². The lowest BCUT2D eigenvalue weighted by Gasteiger charge is -2.32. The molecule has 1 heterocycles. The third kappa shape index (κ3) is 10.9. The molecule has 1 unspecified atom stereocenters. The van der Waals surface area contributed by atoms with Gasteiger partial charge in [0.2, 0.25) is 24.1 Å². The highest BCUT2D eigenvalue weighted by Crippen LogP contribution is 2.33. The number of nitrogens with one attached hydrogen (secondary N) is 3. The Bertz CT molecular complexity index is 1490. The summed E-state index contributed by atoms with van der Waals surface area (Å²) >= 11 is 0. The fraction of sp³-hybridized carbons (Fsp3) is 0.514. The van der Waals surface area contributed by atoms with Gasteiger partial charge in [-0.25, -0.2) is 27.2 Å².